The first kappa shape index (κ1) is 18.7. The van der Waals surface area contributed by atoms with E-state index in [1.807, 2.05) is 6.20 Å². The highest BCUT2D eigenvalue weighted by Crippen LogP contribution is 2.09. The van der Waals surface area contributed by atoms with Gasteiger partial charge in [0.25, 0.3) is 5.82 Å². The lowest BCUT2D eigenvalue weighted by atomic mass is 10.1. The van der Waals surface area contributed by atoms with E-state index in [1.165, 1.54) is 57.2 Å². The number of carboxylic acid groups (broad SMARTS) is 1. The van der Waals surface area contributed by atoms with E-state index < -0.39 is 5.97 Å². The Bertz CT molecular complexity index is 427. The fraction of sp³-hybridized carbons (Fsp3) is 0.778. The van der Waals surface area contributed by atoms with Gasteiger partial charge in [-0.2, -0.15) is 0 Å². The number of aryl methyl sites for hydroxylation is 2. The molecule has 1 N–H and O–H groups in total. The van der Waals surface area contributed by atoms with E-state index in [2.05, 4.69) is 29.2 Å². The minimum Gasteiger partial charge on any atom is -0.481 e. The molecule has 0 spiro atoms. The van der Waals surface area contributed by atoms with Crippen LogP contribution in [0.25, 0.3) is 0 Å². The molecule has 0 saturated carbocycles. The molecule has 1 aromatic rings. The molecule has 0 atom stereocenters. The fourth-order valence-corrected chi connectivity index (χ4v) is 2.80. The van der Waals surface area contributed by atoms with E-state index in [1.54, 1.807) is 0 Å². The maximum atomic E-state index is 10.8. The maximum Gasteiger partial charge on any atom is 0.307 e. The van der Waals surface area contributed by atoms with Crippen molar-refractivity contribution < 1.29 is 14.5 Å². The molecule has 1 rings (SSSR count). The van der Waals surface area contributed by atoms with Gasteiger partial charge in [-0.3, -0.25) is 4.79 Å². The van der Waals surface area contributed by atoms with E-state index in [-0.39, 0.29) is 6.42 Å². The van der Waals surface area contributed by atoms with Gasteiger partial charge in [0.05, 0.1) is 13.0 Å². The second-order valence-corrected chi connectivity index (χ2v) is 6.12. The lowest BCUT2D eigenvalue weighted by Gasteiger charge is -2.05. The number of imidazole rings is 1. The van der Waals surface area contributed by atoms with Crippen molar-refractivity contribution in [1.82, 2.24) is 4.57 Å². The predicted octanol–water partition coefficient (Wildman–Crippen LogP) is 3.95. The second kappa shape index (κ2) is 11.3. The van der Waals surface area contributed by atoms with E-state index in [0.717, 1.165) is 13.0 Å². The van der Waals surface area contributed by atoms with Gasteiger partial charge in [-0.15, -0.1) is 0 Å². The van der Waals surface area contributed by atoms with Gasteiger partial charge in [0.2, 0.25) is 0 Å². The molecule has 0 bridgehead atoms. The fourth-order valence-electron chi connectivity index (χ4n) is 2.80. The summed E-state index contributed by atoms with van der Waals surface area (Å²) in [5.41, 5.74) is 0. The average molecular weight is 309 g/mol. The predicted molar refractivity (Wildman–Crippen MR) is 88.9 cm³/mol. The van der Waals surface area contributed by atoms with E-state index in [0.29, 0.717) is 6.54 Å². The molecular formula is C18H33N2O2+. The molecular weight excluding hydrogens is 276 g/mol. The molecule has 0 aromatic carbocycles. The van der Waals surface area contributed by atoms with Gasteiger partial charge in [0, 0.05) is 6.42 Å². The first-order chi connectivity index (χ1) is 10.7. The van der Waals surface area contributed by atoms with E-state index in [4.69, 9.17) is 5.11 Å². The number of rotatable bonds is 13. The monoisotopic (exact) mass is 309 g/mol. The summed E-state index contributed by atoms with van der Waals surface area (Å²) < 4.78 is 4.45. The van der Waals surface area contributed by atoms with Gasteiger partial charge in [0.15, 0.2) is 0 Å². The molecule has 0 radical (unpaired) electrons. The van der Waals surface area contributed by atoms with Gasteiger partial charge < -0.3 is 5.11 Å². The molecule has 0 amide bonds. The third kappa shape index (κ3) is 7.10. The molecule has 1 heterocycles. The largest absolute Gasteiger partial charge is 0.481 e. The number of aromatic nitrogens is 2. The molecule has 0 saturated heterocycles. The zero-order chi connectivity index (χ0) is 16.2. The van der Waals surface area contributed by atoms with Crippen LogP contribution in [-0.2, 0) is 24.3 Å². The van der Waals surface area contributed by atoms with Gasteiger partial charge in [0.1, 0.15) is 18.9 Å². The van der Waals surface area contributed by atoms with Crippen molar-refractivity contribution in [1.29, 1.82) is 0 Å². The second-order valence-electron chi connectivity index (χ2n) is 6.12. The van der Waals surface area contributed by atoms with E-state index in [9.17, 15) is 4.79 Å². The van der Waals surface area contributed by atoms with Crippen LogP contribution in [-0.4, -0.2) is 15.6 Å². The number of aliphatic carboxylic acids is 1. The Morgan fingerprint density at radius 2 is 1.77 bits per heavy atom. The summed E-state index contributed by atoms with van der Waals surface area (Å²) >= 11 is 0. The molecule has 1 aromatic heterocycles. The van der Waals surface area contributed by atoms with Crippen LogP contribution in [0.15, 0.2) is 12.4 Å². The van der Waals surface area contributed by atoms with Crippen molar-refractivity contribution in [3.05, 3.63) is 18.2 Å². The van der Waals surface area contributed by atoms with Crippen molar-refractivity contribution in [2.24, 2.45) is 0 Å². The van der Waals surface area contributed by atoms with Crippen LogP contribution in [0.3, 0.4) is 0 Å². The molecule has 0 aliphatic rings. The van der Waals surface area contributed by atoms with Crippen LogP contribution in [0.5, 0.6) is 0 Å². The molecule has 0 aliphatic carbocycles. The zero-order valence-corrected chi connectivity index (χ0v) is 14.4. The molecule has 0 aliphatic heterocycles. The summed E-state index contributed by atoms with van der Waals surface area (Å²) in [6.07, 6.45) is 15.5. The molecule has 0 fully saturated rings. The van der Waals surface area contributed by atoms with Crippen molar-refractivity contribution in [3.63, 3.8) is 0 Å². The van der Waals surface area contributed by atoms with Crippen LogP contribution in [0.4, 0.5) is 0 Å². The summed E-state index contributed by atoms with van der Waals surface area (Å²) in [6.45, 7) is 6.07. The number of hydrogen-bond donors (Lipinski definition) is 1. The number of hydrogen-bond acceptors (Lipinski definition) is 1. The third-order valence-electron chi connectivity index (χ3n) is 4.16. The molecule has 4 nitrogen and oxygen atoms in total. The summed E-state index contributed by atoms with van der Waals surface area (Å²) in [7, 11) is 0. The Labute approximate surface area is 135 Å². The normalized spacial score (nSPS) is 11.0. The highest BCUT2D eigenvalue weighted by Gasteiger charge is 2.17. The van der Waals surface area contributed by atoms with Crippen molar-refractivity contribution in [2.75, 3.05) is 0 Å². The lowest BCUT2D eigenvalue weighted by Crippen LogP contribution is -2.37. The van der Waals surface area contributed by atoms with Crippen LogP contribution >= 0.6 is 0 Å². The SMILES string of the molecule is CCCCCCCCc1n(CCC(=O)O)cc[n+]1CCCC. The first-order valence-electron chi connectivity index (χ1n) is 8.98. The Morgan fingerprint density at radius 1 is 1.09 bits per heavy atom. The van der Waals surface area contributed by atoms with Crippen LogP contribution in [0.2, 0.25) is 0 Å². The van der Waals surface area contributed by atoms with Crippen molar-refractivity contribution in [3.8, 4) is 0 Å². The van der Waals surface area contributed by atoms with Crippen LogP contribution < -0.4 is 4.57 Å². The molecule has 0 unspecified atom stereocenters. The smallest absolute Gasteiger partial charge is 0.307 e. The standard InChI is InChI=1S/C18H32N2O2/c1-3-5-7-8-9-10-11-17-19(13-6-4-2)15-16-20(17)14-12-18(21)22/h15-16H,3-14H2,1-2H3/p+1. The minimum atomic E-state index is -0.723. The van der Waals surface area contributed by atoms with Crippen LogP contribution in [0.1, 0.15) is 77.5 Å². The van der Waals surface area contributed by atoms with Crippen molar-refractivity contribution >= 4 is 5.97 Å². The quantitative estimate of drug-likeness (QED) is 0.443. The number of carbonyl (C=O) groups is 1. The lowest BCUT2D eigenvalue weighted by molar-refractivity contribution is -0.704. The van der Waals surface area contributed by atoms with Gasteiger partial charge in [-0.25, -0.2) is 9.13 Å². The third-order valence-corrected chi connectivity index (χ3v) is 4.16. The van der Waals surface area contributed by atoms with Gasteiger partial charge in [-0.05, 0) is 12.8 Å². The first-order valence-corrected chi connectivity index (χ1v) is 8.98. The van der Waals surface area contributed by atoms with Gasteiger partial charge in [-0.1, -0.05) is 52.4 Å². The minimum absolute atomic E-state index is 0.200. The highest BCUT2D eigenvalue weighted by atomic mass is 16.4. The summed E-state index contributed by atoms with van der Waals surface area (Å²) in [4.78, 5) is 10.8. The molecule has 126 valence electrons. The Morgan fingerprint density at radius 3 is 2.45 bits per heavy atom. The number of unbranched alkanes of at least 4 members (excludes halogenated alkanes) is 6. The summed E-state index contributed by atoms with van der Waals surface area (Å²) in [6, 6.07) is 0. The van der Waals surface area contributed by atoms with Crippen LogP contribution in [0, 0.1) is 0 Å². The van der Waals surface area contributed by atoms with E-state index >= 15 is 0 Å². The maximum absolute atomic E-state index is 10.8. The Balaban J connectivity index is 2.53. The van der Waals surface area contributed by atoms with Gasteiger partial charge >= 0.3 is 5.97 Å². The average Bonchev–Trinajstić information content (AvgIpc) is 2.88. The molecule has 4 heteroatoms. The number of carboxylic acids is 1. The zero-order valence-electron chi connectivity index (χ0n) is 14.4. The summed E-state index contributed by atoms with van der Waals surface area (Å²) in [5, 5.41) is 8.89. The molecule has 22 heavy (non-hydrogen) atoms. The topological polar surface area (TPSA) is 46.1 Å². The number of nitrogens with zero attached hydrogens (tertiary/aromatic N) is 2. The highest BCUT2D eigenvalue weighted by molar-refractivity contribution is 5.66. The Hall–Kier alpha value is -1.32. The van der Waals surface area contributed by atoms with Crippen molar-refractivity contribution in [2.45, 2.75) is 91.1 Å². The summed E-state index contributed by atoms with van der Waals surface area (Å²) in [5.74, 6) is 0.574. The Kier molecular flexibility index (Phi) is 9.60.